The summed E-state index contributed by atoms with van der Waals surface area (Å²) in [6.45, 7) is 4.09. The Hall–Kier alpha value is -1.17. The minimum atomic E-state index is -0.817. The van der Waals surface area contributed by atoms with Crippen LogP contribution >= 0.6 is 23.2 Å². The lowest BCUT2D eigenvalue weighted by molar-refractivity contribution is 0.0117. The van der Waals surface area contributed by atoms with Crippen LogP contribution in [0.5, 0.6) is 5.75 Å². The van der Waals surface area contributed by atoms with Crippen LogP contribution in [-0.4, -0.2) is 36.9 Å². The molecule has 1 aromatic rings. The van der Waals surface area contributed by atoms with Gasteiger partial charge in [-0.1, -0.05) is 28.4 Å². The lowest BCUT2D eigenvalue weighted by atomic mass is 10.3. The van der Waals surface area contributed by atoms with Gasteiger partial charge in [-0.05, 0) is 19.1 Å². The van der Waals surface area contributed by atoms with Crippen LogP contribution in [0.1, 0.15) is 13.8 Å². The summed E-state index contributed by atoms with van der Waals surface area (Å²) >= 11 is 11.6. The van der Waals surface area contributed by atoms with Gasteiger partial charge in [0.1, 0.15) is 25.1 Å². The van der Waals surface area contributed by atoms with Crippen LogP contribution in [0.15, 0.2) is 23.4 Å². The Morgan fingerprint density at radius 1 is 1.30 bits per heavy atom. The summed E-state index contributed by atoms with van der Waals surface area (Å²) in [4.78, 5) is 4.93. The number of rotatable bonds is 7. The first-order valence-electron chi connectivity index (χ1n) is 6.08. The van der Waals surface area contributed by atoms with E-state index in [0.29, 0.717) is 28.3 Å². The third-order valence-electron chi connectivity index (χ3n) is 2.15. The highest BCUT2D eigenvalue weighted by atomic mass is 35.5. The zero-order chi connectivity index (χ0) is 15.0. The molecule has 1 rings (SSSR count). The lowest BCUT2D eigenvalue weighted by Crippen LogP contribution is -2.22. The van der Waals surface area contributed by atoms with E-state index >= 15 is 0 Å². The molecule has 0 aromatic heterocycles. The number of oxime groups is 1. The molecule has 0 amide bonds. The molecule has 1 unspecified atom stereocenters. The summed E-state index contributed by atoms with van der Waals surface area (Å²) in [5, 5.41) is 14.2. The van der Waals surface area contributed by atoms with Gasteiger partial charge in [0.2, 0.25) is 5.90 Å². The number of aliphatic hydroxyl groups is 1. The fourth-order valence-corrected chi connectivity index (χ4v) is 1.54. The Morgan fingerprint density at radius 2 is 2.05 bits per heavy atom. The summed E-state index contributed by atoms with van der Waals surface area (Å²) in [7, 11) is 0. The van der Waals surface area contributed by atoms with Gasteiger partial charge in [0.25, 0.3) is 0 Å². The van der Waals surface area contributed by atoms with Gasteiger partial charge in [0.05, 0.1) is 16.7 Å². The van der Waals surface area contributed by atoms with E-state index < -0.39 is 6.10 Å². The number of hydrogen-bond donors (Lipinski definition) is 1. The maximum absolute atomic E-state index is 9.66. The zero-order valence-corrected chi connectivity index (χ0v) is 12.8. The number of benzene rings is 1. The molecule has 0 radical (unpaired) electrons. The average Bonchev–Trinajstić information content (AvgIpc) is 2.40. The molecule has 0 aliphatic carbocycles. The average molecular weight is 322 g/mol. The molecular formula is C13H17Cl2NO4. The SMILES string of the molecule is CCO/C(C)=N\OCC(O)COc1ccc(Cl)c(Cl)c1. The summed E-state index contributed by atoms with van der Waals surface area (Å²) in [5.41, 5.74) is 0. The number of hydrogen-bond acceptors (Lipinski definition) is 5. The molecule has 7 heteroatoms. The van der Waals surface area contributed by atoms with E-state index in [2.05, 4.69) is 5.16 Å². The van der Waals surface area contributed by atoms with Crippen LogP contribution in [-0.2, 0) is 9.57 Å². The highest BCUT2D eigenvalue weighted by molar-refractivity contribution is 6.42. The van der Waals surface area contributed by atoms with E-state index in [4.69, 9.17) is 37.5 Å². The minimum absolute atomic E-state index is 0.00569. The van der Waals surface area contributed by atoms with Gasteiger partial charge in [-0.15, -0.1) is 0 Å². The van der Waals surface area contributed by atoms with Crippen molar-refractivity contribution in [2.45, 2.75) is 20.0 Å². The van der Waals surface area contributed by atoms with Crippen molar-refractivity contribution in [1.29, 1.82) is 0 Å². The Kier molecular flexibility index (Phi) is 7.51. The predicted molar refractivity (Wildman–Crippen MR) is 78.7 cm³/mol. The van der Waals surface area contributed by atoms with E-state index in [1.807, 2.05) is 6.92 Å². The minimum Gasteiger partial charge on any atom is -0.491 e. The van der Waals surface area contributed by atoms with Gasteiger partial charge in [-0.3, -0.25) is 0 Å². The van der Waals surface area contributed by atoms with E-state index in [1.54, 1.807) is 25.1 Å². The van der Waals surface area contributed by atoms with E-state index in [0.717, 1.165) is 0 Å². The standard InChI is InChI=1S/C13H17Cl2NO4/c1-3-18-9(2)16-20-8-10(17)7-19-11-4-5-12(14)13(15)6-11/h4-6,10,17H,3,7-8H2,1-2H3/b16-9-. The normalized spacial score (nSPS) is 12.9. The monoisotopic (exact) mass is 321 g/mol. The van der Waals surface area contributed by atoms with Crippen molar-refractivity contribution in [2.24, 2.45) is 5.16 Å². The molecule has 1 atom stereocenters. The Balaban J connectivity index is 2.30. The number of ether oxygens (including phenoxy) is 2. The molecule has 112 valence electrons. The summed E-state index contributed by atoms with van der Waals surface area (Å²) in [6, 6.07) is 4.87. The summed E-state index contributed by atoms with van der Waals surface area (Å²) in [6.07, 6.45) is -0.817. The van der Waals surface area contributed by atoms with Crippen molar-refractivity contribution < 1.29 is 19.4 Å². The van der Waals surface area contributed by atoms with Crippen molar-refractivity contribution in [3.63, 3.8) is 0 Å². The van der Waals surface area contributed by atoms with Crippen LogP contribution in [0.2, 0.25) is 10.0 Å². The summed E-state index contributed by atoms with van der Waals surface area (Å²) < 4.78 is 10.4. The zero-order valence-electron chi connectivity index (χ0n) is 11.3. The van der Waals surface area contributed by atoms with Crippen molar-refractivity contribution in [3.05, 3.63) is 28.2 Å². The molecule has 0 heterocycles. The van der Waals surface area contributed by atoms with Gasteiger partial charge in [-0.2, -0.15) is 0 Å². The molecule has 1 aromatic carbocycles. The molecule has 0 aliphatic rings. The molecule has 0 saturated heterocycles. The third-order valence-corrected chi connectivity index (χ3v) is 2.89. The second kappa shape index (κ2) is 8.89. The number of halogens is 2. The number of nitrogens with zero attached hydrogens (tertiary/aromatic N) is 1. The van der Waals surface area contributed by atoms with Crippen LogP contribution in [0.25, 0.3) is 0 Å². The van der Waals surface area contributed by atoms with Gasteiger partial charge >= 0.3 is 0 Å². The van der Waals surface area contributed by atoms with E-state index in [1.165, 1.54) is 0 Å². The van der Waals surface area contributed by atoms with Crippen molar-refractivity contribution in [3.8, 4) is 5.75 Å². The highest BCUT2D eigenvalue weighted by Crippen LogP contribution is 2.26. The molecule has 20 heavy (non-hydrogen) atoms. The molecular weight excluding hydrogens is 305 g/mol. The fourth-order valence-electron chi connectivity index (χ4n) is 1.26. The maximum Gasteiger partial charge on any atom is 0.222 e. The summed E-state index contributed by atoms with van der Waals surface area (Å²) in [5.74, 6) is 0.928. The molecule has 0 fully saturated rings. The topological polar surface area (TPSA) is 60.3 Å². The van der Waals surface area contributed by atoms with Crippen molar-refractivity contribution in [1.82, 2.24) is 0 Å². The number of aliphatic hydroxyl groups excluding tert-OH is 1. The van der Waals surface area contributed by atoms with Gasteiger partial charge < -0.3 is 19.4 Å². The molecule has 5 nitrogen and oxygen atoms in total. The molecule has 0 saturated carbocycles. The first kappa shape index (κ1) is 16.9. The Morgan fingerprint density at radius 3 is 2.70 bits per heavy atom. The molecule has 0 bridgehead atoms. The predicted octanol–water partition coefficient (Wildman–Crippen LogP) is 3.12. The van der Waals surface area contributed by atoms with Crippen LogP contribution in [0.3, 0.4) is 0 Å². The molecule has 1 N–H and O–H groups in total. The Labute approximate surface area is 128 Å². The van der Waals surface area contributed by atoms with Gasteiger partial charge in [-0.25, -0.2) is 0 Å². The van der Waals surface area contributed by atoms with Gasteiger partial charge in [0, 0.05) is 13.0 Å². The van der Waals surface area contributed by atoms with Crippen LogP contribution in [0, 0.1) is 0 Å². The third kappa shape index (κ3) is 6.32. The second-order valence-corrected chi connectivity index (χ2v) is 4.69. The van der Waals surface area contributed by atoms with Gasteiger partial charge in [0.15, 0.2) is 0 Å². The van der Waals surface area contributed by atoms with E-state index in [9.17, 15) is 5.11 Å². The lowest BCUT2D eigenvalue weighted by Gasteiger charge is -2.12. The van der Waals surface area contributed by atoms with Crippen molar-refractivity contribution in [2.75, 3.05) is 19.8 Å². The smallest absolute Gasteiger partial charge is 0.222 e. The van der Waals surface area contributed by atoms with E-state index in [-0.39, 0.29) is 13.2 Å². The molecule has 0 spiro atoms. The first-order valence-corrected chi connectivity index (χ1v) is 6.83. The quantitative estimate of drug-likeness (QED) is 0.476. The van der Waals surface area contributed by atoms with Crippen LogP contribution in [0.4, 0.5) is 0 Å². The Bertz CT molecular complexity index is 454. The van der Waals surface area contributed by atoms with Crippen LogP contribution < -0.4 is 4.74 Å². The second-order valence-electron chi connectivity index (χ2n) is 3.88. The molecule has 0 aliphatic heterocycles. The maximum atomic E-state index is 9.66. The largest absolute Gasteiger partial charge is 0.491 e. The fraction of sp³-hybridized carbons (Fsp3) is 0.462. The first-order chi connectivity index (χ1) is 9.52. The van der Waals surface area contributed by atoms with Crippen molar-refractivity contribution >= 4 is 29.1 Å². The highest BCUT2D eigenvalue weighted by Gasteiger charge is 2.07.